The third-order valence-corrected chi connectivity index (χ3v) is 2.97. The van der Waals surface area contributed by atoms with E-state index in [1.807, 2.05) is 0 Å². The molecule has 1 fully saturated rings. The number of nitrogens with one attached hydrogen (secondary N) is 1. The van der Waals surface area contributed by atoms with Crippen molar-refractivity contribution >= 4 is 23.1 Å². The molecule has 0 aromatic heterocycles. The molecule has 0 aliphatic heterocycles. The van der Waals surface area contributed by atoms with Crippen molar-refractivity contribution in [2.45, 2.75) is 36.6 Å². The zero-order chi connectivity index (χ0) is 13.7. The standard InChI is InChI=1S/C10H19ClN4O3/c11-9(13)8(12)10(14)15-6-3-5(4-7(6)17)18-2-1-16/h5-7,9,12,16-17H,1-4,13H2,(H2,14,15). The van der Waals surface area contributed by atoms with Crippen LogP contribution in [-0.4, -0.2) is 58.7 Å². The average Bonchev–Trinajstić information content (AvgIpc) is 2.66. The first-order valence-corrected chi connectivity index (χ1v) is 6.11. The number of nitrogens with zero attached hydrogens (tertiary/aromatic N) is 1. The number of hydrogen-bond acceptors (Lipinski definition) is 6. The summed E-state index contributed by atoms with van der Waals surface area (Å²) in [6.45, 7) is 0.167. The molecule has 4 unspecified atom stereocenters. The van der Waals surface area contributed by atoms with Crippen LogP contribution in [0.2, 0.25) is 0 Å². The Morgan fingerprint density at radius 1 is 1.56 bits per heavy atom. The minimum Gasteiger partial charge on any atom is -0.394 e. The van der Waals surface area contributed by atoms with Crippen molar-refractivity contribution in [3.05, 3.63) is 0 Å². The summed E-state index contributed by atoms with van der Waals surface area (Å²) in [4.78, 5) is 4.05. The fourth-order valence-electron chi connectivity index (χ4n) is 1.83. The fraction of sp³-hybridized carbons (Fsp3) is 0.800. The summed E-state index contributed by atoms with van der Waals surface area (Å²) in [6.07, 6.45) is 0.0909. The molecule has 0 saturated heterocycles. The van der Waals surface area contributed by atoms with Gasteiger partial charge in [-0.15, -0.1) is 0 Å². The van der Waals surface area contributed by atoms with Crippen molar-refractivity contribution in [3.63, 3.8) is 0 Å². The zero-order valence-corrected chi connectivity index (χ0v) is 10.7. The Labute approximate surface area is 110 Å². The maximum atomic E-state index is 9.79. The molecule has 18 heavy (non-hydrogen) atoms. The van der Waals surface area contributed by atoms with Crippen molar-refractivity contribution < 1.29 is 14.9 Å². The Balaban J connectivity index is 2.57. The zero-order valence-electron chi connectivity index (χ0n) is 9.92. The van der Waals surface area contributed by atoms with Crippen molar-refractivity contribution in [1.82, 2.24) is 0 Å². The first kappa shape index (κ1) is 15.3. The first-order valence-electron chi connectivity index (χ1n) is 5.68. The highest BCUT2D eigenvalue weighted by Gasteiger charge is 2.33. The largest absolute Gasteiger partial charge is 0.394 e. The second kappa shape index (κ2) is 7.01. The van der Waals surface area contributed by atoms with E-state index in [4.69, 9.17) is 38.3 Å². The van der Waals surface area contributed by atoms with Gasteiger partial charge >= 0.3 is 0 Å². The van der Waals surface area contributed by atoms with Crippen molar-refractivity contribution in [2.75, 3.05) is 13.2 Å². The molecule has 0 radical (unpaired) electrons. The SMILES string of the molecule is N=C(C(N)=NC1CC(OCCO)CC1O)C(N)Cl. The average molecular weight is 279 g/mol. The Morgan fingerprint density at radius 2 is 2.22 bits per heavy atom. The molecular formula is C10H19ClN4O3. The Bertz CT molecular complexity index is 324. The highest BCUT2D eigenvalue weighted by Crippen LogP contribution is 2.25. The molecule has 1 aliphatic carbocycles. The predicted octanol–water partition coefficient (Wildman–Crippen LogP) is -1.21. The Hall–Kier alpha value is -0.730. The molecule has 1 saturated carbocycles. The van der Waals surface area contributed by atoms with Crippen LogP contribution in [0.25, 0.3) is 0 Å². The molecule has 4 atom stereocenters. The van der Waals surface area contributed by atoms with E-state index in [2.05, 4.69) is 4.99 Å². The smallest absolute Gasteiger partial charge is 0.142 e. The fourth-order valence-corrected chi connectivity index (χ4v) is 1.94. The lowest BCUT2D eigenvalue weighted by Gasteiger charge is -2.12. The van der Waals surface area contributed by atoms with Gasteiger partial charge in [0.2, 0.25) is 0 Å². The minimum atomic E-state index is -1.01. The van der Waals surface area contributed by atoms with Crippen LogP contribution >= 0.6 is 11.6 Å². The molecular weight excluding hydrogens is 260 g/mol. The molecule has 1 aliphatic rings. The van der Waals surface area contributed by atoms with E-state index in [9.17, 15) is 5.11 Å². The predicted molar refractivity (Wildman–Crippen MR) is 69.0 cm³/mol. The maximum Gasteiger partial charge on any atom is 0.142 e. The summed E-state index contributed by atoms with van der Waals surface area (Å²) in [5.74, 6) is -0.0654. The normalized spacial score (nSPS) is 30.4. The van der Waals surface area contributed by atoms with Gasteiger partial charge in [0.25, 0.3) is 0 Å². The number of hydrogen-bond donors (Lipinski definition) is 5. The van der Waals surface area contributed by atoms with Gasteiger partial charge in [-0.2, -0.15) is 0 Å². The summed E-state index contributed by atoms with van der Waals surface area (Å²) in [5.41, 5.74) is 9.71. The van der Waals surface area contributed by atoms with Crippen LogP contribution in [0.5, 0.6) is 0 Å². The van der Waals surface area contributed by atoms with E-state index in [-0.39, 0.29) is 30.9 Å². The monoisotopic (exact) mass is 278 g/mol. The quantitative estimate of drug-likeness (QED) is 0.180. The summed E-state index contributed by atoms with van der Waals surface area (Å²) in [5, 5.41) is 25.9. The number of aliphatic hydroxyl groups is 2. The Morgan fingerprint density at radius 3 is 2.78 bits per heavy atom. The van der Waals surface area contributed by atoms with E-state index in [1.54, 1.807) is 0 Å². The van der Waals surface area contributed by atoms with Gasteiger partial charge in [0, 0.05) is 6.42 Å². The third kappa shape index (κ3) is 4.18. The highest BCUT2D eigenvalue weighted by atomic mass is 35.5. The van der Waals surface area contributed by atoms with Gasteiger partial charge in [-0.05, 0) is 6.42 Å². The maximum absolute atomic E-state index is 9.79. The lowest BCUT2D eigenvalue weighted by molar-refractivity contribution is 0.0252. The molecule has 8 heteroatoms. The van der Waals surface area contributed by atoms with Gasteiger partial charge in [-0.1, -0.05) is 11.6 Å². The molecule has 0 heterocycles. The molecule has 104 valence electrons. The van der Waals surface area contributed by atoms with E-state index >= 15 is 0 Å². The number of alkyl halides is 1. The van der Waals surface area contributed by atoms with Gasteiger partial charge in [-0.25, -0.2) is 0 Å². The van der Waals surface area contributed by atoms with Gasteiger partial charge in [0.15, 0.2) is 0 Å². The van der Waals surface area contributed by atoms with Crippen molar-refractivity contribution in [2.24, 2.45) is 16.5 Å². The van der Waals surface area contributed by atoms with Crippen LogP contribution in [0, 0.1) is 5.41 Å². The lowest BCUT2D eigenvalue weighted by atomic mass is 10.2. The van der Waals surface area contributed by atoms with Crippen molar-refractivity contribution in [1.29, 1.82) is 5.41 Å². The van der Waals surface area contributed by atoms with Gasteiger partial charge in [0.05, 0.1) is 31.5 Å². The summed E-state index contributed by atoms with van der Waals surface area (Å²) in [6, 6.07) is -0.426. The number of rotatable bonds is 6. The summed E-state index contributed by atoms with van der Waals surface area (Å²) in [7, 11) is 0. The highest BCUT2D eigenvalue weighted by molar-refractivity contribution is 6.50. The number of amidine groups is 1. The number of nitrogens with two attached hydrogens (primary N) is 2. The number of ether oxygens (including phenoxy) is 1. The van der Waals surface area contributed by atoms with Crippen LogP contribution in [-0.2, 0) is 4.74 Å². The van der Waals surface area contributed by atoms with Crippen LogP contribution < -0.4 is 11.5 Å². The van der Waals surface area contributed by atoms with Crippen LogP contribution in [0.4, 0.5) is 0 Å². The lowest BCUT2D eigenvalue weighted by Crippen LogP contribution is -2.37. The Kier molecular flexibility index (Phi) is 5.97. The summed E-state index contributed by atoms with van der Waals surface area (Å²) >= 11 is 5.52. The van der Waals surface area contributed by atoms with Gasteiger partial charge in [-0.3, -0.25) is 10.4 Å². The van der Waals surface area contributed by atoms with E-state index in [0.29, 0.717) is 12.8 Å². The number of aliphatic imine (C=N–C) groups is 1. The molecule has 1 rings (SSSR count). The molecule has 0 aromatic rings. The summed E-state index contributed by atoms with van der Waals surface area (Å²) < 4.78 is 5.32. The van der Waals surface area contributed by atoms with Crippen LogP contribution in [0.15, 0.2) is 4.99 Å². The molecule has 0 spiro atoms. The van der Waals surface area contributed by atoms with Crippen LogP contribution in [0.3, 0.4) is 0 Å². The van der Waals surface area contributed by atoms with Gasteiger partial charge < -0.3 is 26.4 Å². The second-order valence-corrected chi connectivity index (χ2v) is 4.62. The number of halogens is 1. The molecule has 7 nitrogen and oxygen atoms in total. The van der Waals surface area contributed by atoms with Crippen molar-refractivity contribution in [3.8, 4) is 0 Å². The molecule has 0 aromatic carbocycles. The van der Waals surface area contributed by atoms with E-state index in [0.717, 1.165) is 0 Å². The molecule has 0 bridgehead atoms. The van der Waals surface area contributed by atoms with Gasteiger partial charge in [0.1, 0.15) is 17.0 Å². The third-order valence-electron chi connectivity index (χ3n) is 2.75. The molecule has 0 amide bonds. The van der Waals surface area contributed by atoms with E-state index in [1.165, 1.54) is 0 Å². The van der Waals surface area contributed by atoms with E-state index < -0.39 is 17.6 Å². The topological polar surface area (TPSA) is 138 Å². The van der Waals surface area contributed by atoms with Crippen LogP contribution in [0.1, 0.15) is 12.8 Å². The minimum absolute atomic E-state index is 0.0611. The first-order chi connectivity index (χ1) is 8.45. The second-order valence-electron chi connectivity index (χ2n) is 4.15. The molecule has 7 N–H and O–H groups in total. The number of aliphatic hydroxyl groups excluding tert-OH is 2.